The van der Waals surface area contributed by atoms with Crippen LogP contribution in [0.5, 0.6) is 0 Å². The van der Waals surface area contributed by atoms with E-state index >= 15 is 0 Å². The quantitative estimate of drug-likeness (QED) is 0.610. The molecular formula is C18H23N4O3S+. The molecule has 0 spiro atoms. The molecule has 3 rings (SSSR count). The first-order valence-electron chi connectivity index (χ1n) is 8.64. The lowest BCUT2D eigenvalue weighted by molar-refractivity contribution is -0.917. The summed E-state index contributed by atoms with van der Waals surface area (Å²) in [5.41, 5.74) is 0.943. The number of hydrogen-bond acceptors (Lipinski definition) is 5. The highest BCUT2D eigenvalue weighted by molar-refractivity contribution is 7.18. The van der Waals surface area contributed by atoms with Gasteiger partial charge in [-0.25, -0.2) is 14.7 Å². The first-order valence-corrected chi connectivity index (χ1v) is 9.46. The number of nitrogens with zero attached hydrogens (tertiary/aromatic N) is 3. The van der Waals surface area contributed by atoms with Crippen molar-refractivity contribution in [2.45, 2.75) is 26.8 Å². The minimum absolute atomic E-state index is 0.0118. The number of carbonyl (C=O) groups excluding carboxylic acids is 3. The summed E-state index contributed by atoms with van der Waals surface area (Å²) in [6, 6.07) is 7.37. The van der Waals surface area contributed by atoms with Gasteiger partial charge in [0.05, 0.1) is 17.3 Å². The molecule has 8 heteroatoms. The average Bonchev–Trinajstić information content (AvgIpc) is 3.12. The molecule has 1 fully saturated rings. The van der Waals surface area contributed by atoms with E-state index in [2.05, 4.69) is 4.98 Å². The van der Waals surface area contributed by atoms with Crippen molar-refractivity contribution in [2.24, 2.45) is 5.92 Å². The largest absolute Gasteiger partial charge is 0.338 e. The molecule has 1 aliphatic rings. The van der Waals surface area contributed by atoms with Crippen LogP contribution in [0.25, 0.3) is 10.2 Å². The Morgan fingerprint density at radius 3 is 2.38 bits per heavy atom. The van der Waals surface area contributed by atoms with Crippen LogP contribution in [0.1, 0.15) is 31.8 Å². The summed E-state index contributed by atoms with van der Waals surface area (Å²) in [5, 5.41) is 0.938. The summed E-state index contributed by atoms with van der Waals surface area (Å²) in [5.74, 6) is -1.36. The smallest absolute Gasteiger partial charge is 0.312 e. The van der Waals surface area contributed by atoms with Crippen LogP contribution in [-0.4, -0.2) is 52.9 Å². The van der Waals surface area contributed by atoms with Crippen LogP contribution in [0.2, 0.25) is 0 Å². The molecule has 1 aromatic carbocycles. The monoisotopic (exact) mass is 375 g/mol. The number of hydrogen-bond donors (Lipinski definition) is 1. The van der Waals surface area contributed by atoms with E-state index in [0.29, 0.717) is 0 Å². The highest BCUT2D eigenvalue weighted by Gasteiger charge is 2.46. The van der Waals surface area contributed by atoms with E-state index in [1.165, 1.54) is 0 Å². The van der Waals surface area contributed by atoms with Gasteiger partial charge in [0.1, 0.15) is 6.04 Å². The number of thiazole rings is 1. The third-order valence-corrected chi connectivity index (χ3v) is 5.73. The molecule has 4 amide bonds. The van der Waals surface area contributed by atoms with Crippen LogP contribution in [-0.2, 0) is 9.59 Å². The summed E-state index contributed by atoms with van der Waals surface area (Å²) in [6.07, 6.45) is 0. The maximum Gasteiger partial charge on any atom is 0.338 e. The number of imide groups is 2. The Labute approximate surface area is 156 Å². The minimum Gasteiger partial charge on any atom is -0.312 e. The van der Waals surface area contributed by atoms with Gasteiger partial charge in [0.15, 0.2) is 11.7 Å². The zero-order valence-electron chi connectivity index (χ0n) is 15.4. The van der Waals surface area contributed by atoms with Gasteiger partial charge in [-0.05, 0) is 25.0 Å². The molecule has 1 saturated heterocycles. The van der Waals surface area contributed by atoms with Gasteiger partial charge in [0.2, 0.25) is 0 Å². The number of carbonyl (C=O) groups is 3. The molecule has 2 aromatic rings. The average molecular weight is 375 g/mol. The van der Waals surface area contributed by atoms with Crippen molar-refractivity contribution in [3.63, 3.8) is 0 Å². The summed E-state index contributed by atoms with van der Waals surface area (Å²) < 4.78 is 1.11. The van der Waals surface area contributed by atoms with Crippen LogP contribution in [0.15, 0.2) is 24.3 Å². The highest BCUT2D eigenvalue weighted by Crippen LogP contribution is 2.24. The van der Waals surface area contributed by atoms with E-state index in [4.69, 9.17) is 0 Å². The Balaban J connectivity index is 1.74. The molecule has 7 nitrogen and oxygen atoms in total. The van der Waals surface area contributed by atoms with Crippen molar-refractivity contribution >= 4 is 39.4 Å². The zero-order chi connectivity index (χ0) is 19.0. The van der Waals surface area contributed by atoms with Crippen molar-refractivity contribution in [1.82, 2.24) is 14.8 Å². The van der Waals surface area contributed by atoms with E-state index < -0.39 is 17.8 Å². The van der Waals surface area contributed by atoms with Crippen LogP contribution >= 0.6 is 11.3 Å². The molecule has 138 valence electrons. The number of urea groups is 1. The van der Waals surface area contributed by atoms with Crippen LogP contribution in [0, 0.1) is 5.92 Å². The molecule has 1 aliphatic heterocycles. The number of nitrogens with one attached hydrogen (secondary N) is 1. The number of fused-ring (bicyclic) bond motifs is 1. The molecule has 0 radical (unpaired) electrons. The molecular weight excluding hydrogens is 352 g/mol. The highest BCUT2D eigenvalue weighted by atomic mass is 32.1. The number of amides is 4. The second-order valence-corrected chi connectivity index (χ2v) is 8.13. The molecule has 2 heterocycles. The predicted octanol–water partition coefficient (Wildman–Crippen LogP) is 1.28. The fourth-order valence-electron chi connectivity index (χ4n) is 2.89. The number of aromatic nitrogens is 1. The lowest BCUT2D eigenvalue weighted by Crippen LogP contribution is -3.10. The Hall–Kier alpha value is -2.32. The number of para-hydroxylation sites is 1. The molecule has 1 unspecified atom stereocenters. The van der Waals surface area contributed by atoms with Crippen molar-refractivity contribution < 1.29 is 19.3 Å². The van der Waals surface area contributed by atoms with Crippen LogP contribution in [0.3, 0.4) is 0 Å². The molecule has 1 aromatic heterocycles. The van der Waals surface area contributed by atoms with Gasteiger partial charge in [-0.3, -0.25) is 14.5 Å². The first kappa shape index (κ1) is 18.5. The van der Waals surface area contributed by atoms with Crippen molar-refractivity contribution in [3.05, 3.63) is 29.3 Å². The van der Waals surface area contributed by atoms with Gasteiger partial charge in [-0.1, -0.05) is 26.0 Å². The lowest BCUT2D eigenvalue weighted by atomic mass is 10.2. The summed E-state index contributed by atoms with van der Waals surface area (Å²) in [7, 11) is 1.90. The third kappa shape index (κ3) is 3.34. The van der Waals surface area contributed by atoms with Gasteiger partial charge in [0.25, 0.3) is 0 Å². The summed E-state index contributed by atoms with van der Waals surface area (Å²) in [4.78, 5) is 44.5. The van der Waals surface area contributed by atoms with Gasteiger partial charge >= 0.3 is 17.8 Å². The van der Waals surface area contributed by atoms with Crippen LogP contribution in [0.4, 0.5) is 4.79 Å². The predicted molar refractivity (Wildman–Crippen MR) is 98.6 cm³/mol. The molecule has 0 aliphatic carbocycles. The Kier molecular flexibility index (Phi) is 5.06. The molecule has 1 N–H and O–H groups in total. The normalized spacial score (nSPS) is 17.7. The zero-order valence-corrected chi connectivity index (χ0v) is 16.2. The topological polar surface area (TPSA) is 75.0 Å². The van der Waals surface area contributed by atoms with E-state index in [1.54, 1.807) is 11.3 Å². The van der Waals surface area contributed by atoms with Gasteiger partial charge in [-0.15, -0.1) is 11.3 Å². The van der Waals surface area contributed by atoms with E-state index in [0.717, 1.165) is 29.9 Å². The molecule has 0 saturated carbocycles. The SMILES string of the molecule is CC(C)CN1C(=O)C(=O)N(C[NH+](C)[C@@H](C)c2nc3ccccc3s2)C1=O. The third-order valence-electron chi connectivity index (χ3n) is 4.51. The standard InChI is InChI=1S/C18H22N4O3S/c1-11(2)9-21-16(23)17(24)22(18(21)25)10-20(4)12(3)15-19-13-7-5-6-8-14(13)26-15/h5-8,11-12H,9-10H2,1-4H3/p+1/t12-/m0/s1. The van der Waals surface area contributed by atoms with Crippen LogP contribution < -0.4 is 4.90 Å². The Morgan fingerprint density at radius 1 is 1.08 bits per heavy atom. The number of rotatable bonds is 6. The fourth-order valence-corrected chi connectivity index (χ4v) is 4.00. The maximum atomic E-state index is 12.5. The van der Waals surface area contributed by atoms with Crippen molar-refractivity contribution in [2.75, 3.05) is 20.3 Å². The van der Waals surface area contributed by atoms with E-state index in [9.17, 15) is 14.4 Å². The fraction of sp³-hybridized carbons (Fsp3) is 0.444. The minimum atomic E-state index is -0.744. The van der Waals surface area contributed by atoms with E-state index in [1.807, 2.05) is 52.1 Å². The summed E-state index contributed by atoms with van der Waals surface area (Å²) in [6.45, 7) is 6.20. The molecule has 0 bridgehead atoms. The Bertz CT molecular complexity index is 830. The first-order chi connectivity index (χ1) is 12.3. The molecule has 2 atom stereocenters. The van der Waals surface area contributed by atoms with Gasteiger partial charge < -0.3 is 4.90 Å². The second kappa shape index (κ2) is 7.13. The lowest BCUT2D eigenvalue weighted by Gasteiger charge is -2.24. The van der Waals surface area contributed by atoms with Gasteiger partial charge in [-0.2, -0.15) is 0 Å². The Morgan fingerprint density at radius 2 is 1.73 bits per heavy atom. The number of quaternary nitrogens is 1. The van der Waals surface area contributed by atoms with Crippen molar-refractivity contribution in [3.8, 4) is 0 Å². The summed E-state index contributed by atoms with van der Waals surface area (Å²) >= 11 is 1.61. The molecule has 26 heavy (non-hydrogen) atoms. The van der Waals surface area contributed by atoms with Crippen molar-refractivity contribution in [1.29, 1.82) is 0 Å². The van der Waals surface area contributed by atoms with Gasteiger partial charge in [0, 0.05) is 6.54 Å². The second-order valence-electron chi connectivity index (χ2n) is 7.07. The van der Waals surface area contributed by atoms with E-state index in [-0.39, 0.29) is 25.2 Å². The maximum absolute atomic E-state index is 12.5. The number of benzene rings is 1.